The van der Waals surface area contributed by atoms with Gasteiger partial charge in [-0.05, 0) is 12.8 Å². The molecule has 0 bridgehead atoms. The van der Waals surface area contributed by atoms with Gasteiger partial charge in [0.25, 0.3) is 0 Å². The third kappa shape index (κ3) is 2.25. The first-order valence-electron chi connectivity index (χ1n) is 5.14. The number of hydrogen-bond donors (Lipinski definition) is 1. The third-order valence-corrected chi connectivity index (χ3v) is 2.55. The van der Waals surface area contributed by atoms with Gasteiger partial charge in [0.2, 0.25) is 11.8 Å². The second-order valence-electron chi connectivity index (χ2n) is 3.96. The van der Waals surface area contributed by atoms with Crippen LogP contribution in [-0.4, -0.2) is 35.8 Å². The Morgan fingerprint density at radius 1 is 1.50 bits per heavy atom. The highest BCUT2D eigenvalue weighted by Crippen LogP contribution is 2.10. The molecule has 0 aromatic rings. The number of nitrogens with zero attached hydrogens (tertiary/aromatic N) is 1. The first kappa shape index (κ1) is 11.0. The molecule has 1 saturated heterocycles. The molecule has 4 nitrogen and oxygen atoms in total. The van der Waals surface area contributed by atoms with E-state index in [4.69, 9.17) is 0 Å². The van der Waals surface area contributed by atoms with Crippen LogP contribution in [0.4, 0.5) is 0 Å². The SMILES string of the molecule is CCN1CCC(=O)NC(C(C)C)C1=O. The molecule has 0 saturated carbocycles. The number of amides is 2. The number of rotatable bonds is 2. The first-order chi connectivity index (χ1) is 6.56. The summed E-state index contributed by atoms with van der Waals surface area (Å²) in [7, 11) is 0. The molecule has 1 aliphatic heterocycles. The van der Waals surface area contributed by atoms with Crippen LogP contribution in [-0.2, 0) is 9.59 Å². The predicted molar refractivity (Wildman–Crippen MR) is 53.6 cm³/mol. The Hall–Kier alpha value is -1.06. The fraction of sp³-hybridized carbons (Fsp3) is 0.800. The quantitative estimate of drug-likeness (QED) is 0.697. The monoisotopic (exact) mass is 198 g/mol. The van der Waals surface area contributed by atoms with Crippen LogP contribution in [0.3, 0.4) is 0 Å². The molecule has 1 aliphatic rings. The van der Waals surface area contributed by atoms with Crippen LogP contribution >= 0.6 is 0 Å². The summed E-state index contributed by atoms with van der Waals surface area (Å²) in [5.74, 6) is 0.181. The summed E-state index contributed by atoms with van der Waals surface area (Å²) in [4.78, 5) is 24.9. The normalized spacial score (nSPS) is 23.7. The maximum Gasteiger partial charge on any atom is 0.245 e. The molecule has 0 aromatic carbocycles. The first-order valence-corrected chi connectivity index (χ1v) is 5.14. The van der Waals surface area contributed by atoms with Gasteiger partial charge in [-0.25, -0.2) is 0 Å². The molecule has 1 rings (SSSR count). The Balaban J connectivity index is 2.80. The van der Waals surface area contributed by atoms with Crippen molar-refractivity contribution in [2.75, 3.05) is 13.1 Å². The molecule has 1 heterocycles. The van der Waals surface area contributed by atoms with Crippen LogP contribution in [0.25, 0.3) is 0 Å². The highest BCUT2D eigenvalue weighted by atomic mass is 16.2. The molecule has 1 fully saturated rings. The summed E-state index contributed by atoms with van der Waals surface area (Å²) >= 11 is 0. The van der Waals surface area contributed by atoms with E-state index in [0.717, 1.165) is 0 Å². The molecule has 14 heavy (non-hydrogen) atoms. The van der Waals surface area contributed by atoms with Gasteiger partial charge in [-0.15, -0.1) is 0 Å². The molecular formula is C10H18N2O2. The molecule has 0 aliphatic carbocycles. The number of likely N-dealkylation sites (N-methyl/N-ethyl adjacent to an activating group) is 1. The zero-order valence-corrected chi connectivity index (χ0v) is 9.04. The van der Waals surface area contributed by atoms with Crippen molar-refractivity contribution in [3.8, 4) is 0 Å². The largest absolute Gasteiger partial charge is 0.344 e. The van der Waals surface area contributed by atoms with Gasteiger partial charge in [0, 0.05) is 19.5 Å². The van der Waals surface area contributed by atoms with E-state index in [1.165, 1.54) is 0 Å². The molecule has 2 amide bonds. The van der Waals surface area contributed by atoms with Crippen LogP contribution in [0.1, 0.15) is 27.2 Å². The van der Waals surface area contributed by atoms with Crippen molar-refractivity contribution in [2.24, 2.45) is 5.92 Å². The average molecular weight is 198 g/mol. The van der Waals surface area contributed by atoms with Gasteiger partial charge in [-0.2, -0.15) is 0 Å². The van der Waals surface area contributed by atoms with Crippen LogP contribution in [0.15, 0.2) is 0 Å². The fourth-order valence-corrected chi connectivity index (χ4v) is 1.62. The van der Waals surface area contributed by atoms with Crippen molar-refractivity contribution in [2.45, 2.75) is 33.2 Å². The maximum atomic E-state index is 11.9. The smallest absolute Gasteiger partial charge is 0.245 e. The van der Waals surface area contributed by atoms with Crippen LogP contribution in [0, 0.1) is 5.92 Å². The summed E-state index contributed by atoms with van der Waals surface area (Å²) in [5, 5.41) is 2.76. The lowest BCUT2D eigenvalue weighted by atomic mass is 10.0. The van der Waals surface area contributed by atoms with Gasteiger partial charge in [-0.1, -0.05) is 13.8 Å². The van der Waals surface area contributed by atoms with Crippen LogP contribution < -0.4 is 5.32 Å². The van der Waals surface area contributed by atoms with Crippen molar-refractivity contribution in [3.05, 3.63) is 0 Å². The Morgan fingerprint density at radius 3 is 2.64 bits per heavy atom. The summed E-state index contributed by atoms with van der Waals surface area (Å²) < 4.78 is 0. The molecule has 0 spiro atoms. The Bertz CT molecular complexity index is 238. The number of carbonyl (C=O) groups is 2. The summed E-state index contributed by atoms with van der Waals surface area (Å²) in [5.41, 5.74) is 0. The third-order valence-electron chi connectivity index (χ3n) is 2.55. The summed E-state index contributed by atoms with van der Waals surface area (Å²) in [6.45, 7) is 7.05. The lowest BCUT2D eigenvalue weighted by Crippen LogP contribution is -2.47. The number of hydrogen-bond acceptors (Lipinski definition) is 2. The van der Waals surface area contributed by atoms with E-state index in [9.17, 15) is 9.59 Å². The highest BCUT2D eigenvalue weighted by molar-refractivity contribution is 5.90. The van der Waals surface area contributed by atoms with E-state index in [0.29, 0.717) is 19.5 Å². The second-order valence-corrected chi connectivity index (χ2v) is 3.96. The number of carbonyl (C=O) groups excluding carboxylic acids is 2. The maximum absolute atomic E-state index is 11.9. The molecule has 80 valence electrons. The molecule has 0 aromatic heterocycles. The van der Waals surface area contributed by atoms with E-state index in [1.807, 2.05) is 20.8 Å². The minimum Gasteiger partial charge on any atom is -0.344 e. The van der Waals surface area contributed by atoms with Gasteiger partial charge in [-0.3, -0.25) is 9.59 Å². The van der Waals surface area contributed by atoms with Crippen molar-refractivity contribution < 1.29 is 9.59 Å². The fourth-order valence-electron chi connectivity index (χ4n) is 1.62. The van der Waals surface area contributed by atoms with Gasteiger partial charge in [0.15, 0.2) is 0 Å². The zero-order valence-electron chi connectivity index (χ0n) is 9.04. The highest BCUT2D eigenvalue weighted by Gasteiger charge is 2.30. The Labute approximate surface area is 84.7 Å². The standard InChI is InChI=1S/C10H18N2O2/c1-4-12-6-5-8(13)11-9(7(2)3)10(12)14/h7,9H,4-6H2,1-3H3,(H,11,13). The summed E-state index contributed by atoms with van der Waals surface area (Å²) in [6.07, 6.45) is 0.419. The minimum absolute atomic E-state index is 0.0204. The van der Waals surface area contributed by atoms with E-state index < -0.39 is 0 Å². The Kier molecular flexibility index (Phi) is 3.49. The second kappa shape index (κ2) is 4.44. The van der Waals surface area contributed by atoms with Gasteiger partial charge in [0.1, 0.15) is 6.04 Å². The molecule has 1 N–H and O–H groups in total. The Morgan fingerprint density at radius 2 is 2.14 bits per heavy atom. The molecule has 0 radical (unpaired) electrons. The van der Waals surface area contributed by atoms with Crippen LogP contribution in [0.2, 0.25) is 0 Å². The minimum atomic E-state index is -0.343. The van der Waals surface area contributed by atoms with Crippen molar-refractivity contribution in [1.82, 2.24) is 10.2 Å². The van der Waals surface area contributed by atoms with Gasteiger partial charge in [0.05, 0.1) is 0 Å². The topological polar surface area (TPSA) is 49.4 Å². The van der Waals surface area contributed by atoms with E-state index >= 15 is 0 Å². The summed E-state index contributed by atoms with van der Waals surface area (Å²) in [6, 6.07) is -0.343. The van der Waals surface area contributed by atoms with E-state index in [-0.39, 0.29) is 23.8 Å². The molecule has 1 atom stereocenters. The van der Waals surface area contributed by atoms with E-state index in [1.54, 1.807) is 4.90 Å². The van der Waals surface area contributed by atoms with Crippen molar-refractivity contribution in [1.29, 1.82) is 0 Å². The lowest BCUT2D eigenvalue weighted by molar-refractivity contribution is -0.134. The number of nitrogens with one attached hydrogen (secondary N) is 1. The lowest BCUT2D eigenvalue weighted by Gasteiger charge is -2.24. The molecule has 4 heteroatoms. The van der Waals surface area contributed by atoms with Gasteiger partial charge < -0.3 is 10.2 Å². The molecular weight excluding hydrogens is 180 g/mol. The van der Waals surface area contributed by atoms with E-state index in [2.05, 4.69) is 5.32 Å². The van der Waals surface area contributed by atoms with Crippen molar-refractivity contribution >= 4 is 11.8 Å². The zero-order chi connectivity index (χ0) is 10.7. The predicted octanol–water partition coefficient (Wildman–Crippen LogP) is 0.379. The molecule has 1 unspecified atom stereocenters. The van der Waals surface area contributed by atoms with Crippen molar-refractivity contribution in [3.63, 3.8) is 0 Å². The van der Waals surface area contributed by atoms with Gasteiger partial charge >= 0.3 is 0 Å². The average Bonchev–Trinajstić information content (AvgIpc) is 2.26. The van der Waals surface area contributed by atoms with Crippen LogP contribution in [0.5, 0.6) is 0 Å².